The van der Waals surface area contributed by atoms with E-state index in [-0.39, 0.29) is 6.42 Å². The summed E-state index contributed by atoms with van der Waals surface area (Å²) in [4.78, 5) is 34.2. The van der Waals surface area contributed by atoms with Gasteiger partial charge in [-0.2, -0.15) is 0 Å². The van der Waals surface area contributed by atoms with E-state index in [1.807, 2.05) is 48.5 Å². The van der Waals surface area contributed by atoms with Crippen LogP contribution in [0.1, 0.15) is 25.3 Å². The molecule has 0 saturated carbocycles. The molecule has 2 amide bonds. The Bertz CT molecular complexity index is 972. The normalized spacial score (nSPS) is 13.3. The molecule has 0 heterocycles. The molecule has 0 bridgehead atoms. The molecule has 0 radical (unpaired) electrons. The first-order valence-electron chi connectivity index (χ1n) is 9.74. The van der Waals surface area contributed by atoms with E-state index in [1.165, 1.54) is 0 Å². The summed E-state index contributed by atoms with van der Waals surface area (Å²) >= 11 is 6.04. The number of carbonyl (C=O) groups is 3. The first-order valence-corrected chi connectivity index (χ1v) is 10.1. The summed E-state index contributed by atoms with van der Waals surface area (Å²) in [7, 11) is 0. The highest BCUT2D eigenvalue weighted by Gasteiger charge is 2.21. The van der Waals surface area contributed by atoms with E-state index in [1.54, 1.807) is 6.92 Å². The number of benzene rings is 2. The van der Waals surface area contributed by atoms with E-state index in [4.69, 9.17) is 17.3 Å². The van der Waals surface area contributed by atoms with Crippen LogP contribution in [-0.2, 0) is 20.8 Å². The maximum absolute atomic E-state index is 12.1. The summed E-state index contributed by atoms with van der Waals surface area (Å²) in [5.41, 5.74) is 7.95. The van der Waals surface area contributed by atoms with Gasteiger partial charge < -0.3 is 21.3 Å². The van der Waals surface area contributed by atoms with Gasteiger partial charge in [0.15, 0.2) is 5.76 Å². The lowest BCUT2D eigenvalue weighted by atomic mass is 9.95. The van der Waals surface area contributed by atoms with Gasteiger partial charge in [-0.3, -0.25) is 14.4 Å². The molecule has 0 aromatic heterocycles. The minimum Gasteiger partial charge on any atom is -0.503 e. The zero-order valence-corrected chi connectivity index (χ0v) is 17.8. The maximum Gasteiger partial charge on any atom is 0.306 e. The van der Waals surface area contributed by atoms with Crippen LogP contribution in [0.15, 0.2) is 60.4 Å². The molecular formula is C23H25ClN2O5. The van der Waals surface area contributed by atoms with Gasteiger partial charge in [0.05, 0.1) is 12.0 Å². The van der Waals surface area contributed by atoms with Crippen molar-refractivity contribution in [1.82, 2.24) is 5.32 Å². The van der Waals surface area contributed by atoms with Crippen molar-refractivity contribution in [3.05, 3.63) is 71.0 Å². The van der Waals surface area contributed by atoms with Crippen LogP contribution in [0.2, 0.25) is 5.02 Å². The summed E-state index contributed by atoms with van der Waals surface area (Å²) < 4.78 is 0. The molecule has 2 rings (SSSR count). The van der Waals surface area contributed by atoms with Crippen LogP contribution in [0.4, 0.5) is 0 Å². The van der Waals surface area contributed by atoms with Crippen molar-refractivity contribution in [3.63, 3.8) is 0 Å². The quantitative estimate of drug-likeness (QED) is 0.329. The van der Waals surface area contributed by atoms with E-state index in [9.17, 15) is 24.6 Å². The Morgan fingerprint density at radius 1 is 1.10 bits per heavy atom. The highest BCUT2D eigenvalue weighted by atomic mass is 35.5. The number of halogens is 1. The van der Waals surface area contributed by atoms with Crippen LogP contribution in [-0.4, -0.2) is 34.0 Å². The van der Waals surface area contributed by atoms with Gasteiger partial charge in [0.2, 0.25) is 5.91 Å². The summed E-state index contributed by atoms with van der Waals surface area (Å²) in [6.07, 6.45) is 1.81. The van der Waals surface area contributed by atoms with Gasteiger partial charge in [-0.05, 0) is 48.1 Å². The second-order valence-electron chi connectivity index (χ2n) is 7.32. The number of nitrogens with two attached hydrogens (primary N) is 1. The third-order valence-corrected chi connectivity index (χ3v) is 5.03. The molecule has 0 aliphatic heterocycles. The third kappa shape index (κ3) is 7.79. The summed E-state index contributed by atoms with van der Waals surface area (Å²) in [5, 5.41) is 22.1. The van der Waals surface area contributed by atoms with Gasteiger partial charge in [0, 0.05) is 11.1 Å². The van der Waals surface area contributed by atoms with Crippen molar-refractivity contribution in [3.8, 4) is 11.1 Å². The van der Waals surface area contributed by atoms with Crippen LogP contribution in [0.3, 0.4) is 0 Å². The van der Waals surface area contributed by atoms with Crippen molar-refractivity contribution in [2.24, 2.45) is 11.7 Å². The first kappa shape index (κ1) is 24.0. The molecular weight excluding hydrogens is 420 g/mol. The minimum absolute atomic E-state index is 0.172. The average Bonchev–Trinajstić information content (AvgIpc) is 2.71. The molecule has 0 saturated heterocycles. The standard InChI is InChI=1S/C23H25ClN2O5/c1-14(23(30)31)11-19(26-22(29)20(27)13-21(25)28)10-7-15-5-8-16(9-6-15)17-3-2-4-18(24)12-17/h2-6,8-9,12-14,19,27H,7,10-11H2,1H3,(H2,25,28)(H,26,29)(H,30,31)/b20-13-/t14-,19-/m1/s1. The number of amides is 2. The molecule has 5 N–H and O–H groups in total. The predicted octanol–water partition coefficient (Wildman–Crippen LogP) is 3.46. The third-order valence-electron chi connectivity index (χ3n) is 4.80. The fourth-order valence-electron chi connectivity index (χ4n) is 3.11. The van der Waals surface area contributed by atoms with Gasteiger partial charge in [-0.25, -0.2) is 0 Å². The van der Waals surface area contributed by atoms with Crippen LogP contribution >= 0.6 is 11.6 Å². The number of carboxylic acid groups (broad SMARTS) is 1. The lowest BCUT2D eigenvalue weighted by molar-refractivity contribution is -0.141. The number of nitrogens with one attached hydrogen (secondary N) is 1. The second kappa shape index (κ2) is 11.2. The van der Waals surface area contributed by atoms with Crippen molar-refractivity contribution >= 4 is 29.4 Å². The lowest BCUT2D eigenvalue weighted by Crippen LogP contribution is -2.38. The number of hydrogen-bond donors (Lipinski definition) is 4. The molecule has 7 nitrogen and oxygen atoms in total. The van der Waals surface area contributed by atoms with E-state index in [2.05, 4.69) is 5.32 Å². The average molecular weight is 445 g/mol. The highest BCUT2D eigenvalue weighted by molar-refractivity contribution is 6.30. The summed E-state index contributed by atoms with van der Waals surface area (Å²) in [6.45, 7) is 1.54. The van der Waals surface area contributed by atoms with Crippen LogP contribution < -0.4 is 11.1 Å². The maximum atomic E-state index is 12.1. The van der Waals surface area contributed by atoms with Gasteiger partial charge in [-0.1, -0.05) is 54.9 Å². The number of aliphatic hydroxyl groups is 1. The SMILES string of the molecule is C[C@H](C[C@@H](CCc1ccc(-c2cccc(Cl)c2)cc1)NC(=O)/C(O)=C/C(N)=O)C(=O)O. The predicted molar refractivity (Wildman–Crippen MR) is 118 cm³/mol. The number of aliphatic hydroxyl groups excluding tert-OH is 1. The molecule has 0 aliphatic carbocycles. The van der Waals surface area contributed by atoms with Crippen molar-refractivity contribution in [2.45, 2.75) is 32.2 Å². The van der Waals surface area contributed by atoms with Crippen LogP contribution in [0.25, 0.3) is 11.1 Å². The number of aryl methyl sites for hydroxylation is 1. The Kier molecular flexibility index (Phi) is 8.63. The largest absolute Gasteiger partial charge is 0.503 e. The number of rotatable bonds is 10. The zero-order valence-electron chi connectivity index (χ0n) is 17.0. The lowest BCUT2D eigenvalue weighted by Gasteiger charge is -2.20. The summed E-state index contributed by atoms with van der Waals surface area (Å²) in [6, 6.07) is 14.9. The minimum atomic E-state index is -0.984. The summed E-state index contributed by atoms with van der Waals surface area (Å²) in [5.74, 6) is -4.33. The Labute approximate surface area is 185 Å². The zero-order chi connectivity index (χ0) is 23.0. The van der Waals surface area contributed by atoms with Crippen molar-refractivity contribution < 1.29 is 24.6 Å². The Balaban J connectivity index is 2.07. The number of aliphatic carboxylic acids is 1. The molecule has 8 heteroatoms. The second-order valence-corrected chi connectivity index (χ2v) is 7.76. The van der Waals surface area contributed by atoms with Gasteiger partial charge in [0.1, 0.15) is 0 Å². The van der Waals surface area contributed by atoms with Gasteiger partial charge in [0.25, 0.3) is 5.91 Å². The van der Waals surface area contributed by atoms with Gasteiger partial charge >= 0.3 is 5.97 Å². The smallest absolute Gasteiger partial charge is 0.306 e. The highest BCUT2D eigenvalue weighted by Crippen LogP contribution is 2.23. The molecule has 0 unspecified atom stereocenters. The molecule has 2 aromatic carbocycles. The molecule has 31 heavy (non-hydrogen) atoms. The number of primary amides is 1. The van der Waals surface area contributed by atoms with E-state index >= 15 is 0 Å². The van der Waals surface area contributed by atoms with E-state index in [0.717, 1.165) is 16.7 Å². The molecule has 2 aromatic rings. The van der Waals surface area contributed by atoms with Crippen LogP contribution in [0.5, 0.6) is 0 Å². The monoisotopic (exact) mass is 444 g/mol. The number of hydrogen-bond acceptors (Lipinski definition) is 4. The number of carboxylic acids is 1. The topological polar surface area (TPSA) is 130 Å². The Morgan fingerprint density at radius 3 is 2.35 bits per heavy atom. The molecule has 2 atom stereocenters. The first-order chi connectivity index (χ1) is 14.7. The Hall–Kier alpha value is -3.32. The molecule has 0 aliphatic rings. The van der Waals surface area contributed by atoms with Gasteiger partial charge in [-0.15, -0.1) is 0 Å². The van der Waals surface area contributed by atoms with E-state index in [0.29, 0.717) is 23.9 Å². The van der Waals surface area contributed by atoms with Crippen molar-refractivity contribution in [1.29, 1.82) is 0 Å². The number of carbonyl (C=O) groups excluding carboxylic acids is 2. The Morgan fingerprint density at radius 2 is 1.77 bits per heavy atom. The molecule has 0 fully saturated rings. The van der Waals surface area contributed by atoms with Crippen molar-refractivity contribution in [2.75, 3.05) is 0 Å². The van der Waals surface area contributed by atoms with E-state index < -0.39 is 35.5 Å². The van der Waals surface area contributed by atoms with Crippen LogP contribution in [0, 0.1) is 5.92 Å². The molecule has 0 spiro atoms. The fourth-order valence-corrected chi connectivity index (χ4v) is 3.30. The molecule has 164 valence electrons. The fraction of sp³-hybridized carbons (Fsp3) is 0.261.